The maximum atomic E-state index is 13.7. The molecular weight excluding hydrogens is 460 g/mol. The summed E-state index contributed by atoms with van der Waals surface area (Å²) in [5.41, 5.74) is 2.02. The Labute approximate surface area is 208 Å². The van der Waals surface area contributed by atoms with E-state index in [1.807, 2.05) is 85.1 Å². The molecule has 0 saturated carbocycles. The lowest BCUT2D eigenvalue weighted by Gasteiger charge is -2.43. The van der Waals surface area contributed by atoms with Gasteiger partial charge in [-0.25, -0.2) is 0 Å². The minimum Gasteiger partial charge on any atom is -0.497 e. The van der Waals surface area contributed by atoms with E-state index in [9.17, 15) is 9.59 Å². The van der Waals surface area contributed by atoms with Gasteiger partial charge in [-0.1, -0.05) is 48.5 Å². The fourth-order valence-corrected chi connectivity index (χ4v) is 5.00. The van der Waals surface area contributed by atoms with Crippen molar-refractivity contribution in [3.05, 3.63) is 95.0 Å². The van der Waals surface area contributed by atoms with Gasteiger partial charge in [-0.2, -0.15) is 5.10 Å². The predicted octanol–water partition coefficient (Wildman–Crippen LogP) is 4.35. The number of nitrogens with one attached hydrogen (secondary N) is 1. The summed E-state index contributed by atoms with van der Waals surface area (Å²) in [6, 6.07) is 23.0. The van der Waals surface area contributed by atoms with Gasteiger partial charge in [-0.05, 0) is 47.7 Å². The zero-order chi connectivity index (χ0) is 24.4. The summed E-state index contributed by atoms with van der Waals surface area (Å²) in [7, 11) is 1.62. The van der Waals surface area contributed by atoms with E-state index in [1.165, 1.54) is 0 Å². The van der Waals surface area contributed by atoms with Gasteiger partial charge >= 0.3 is 0 Å². The Morgan fingerprint density at radius 1 is 1.09 bits per heavy atom. The largest absolute Gasteiger partial charge is 0.497 e. The van der Waals surface area contributed by atoms with Gasteiger partial charge in [0.25, 0.3) is 5.91 Å². The Kier molecular flexibility index (Phi) is 6.13. The number of amides is 2. The number of fused-ring (bicyclic) bond motifs is 1. The average molecular weight is 487 g/mol. The first-order valence-corrected chi connectivity index (χ1v) is 12.2. The van der Waals surface area contributed by atoms with Crippen LogP contribution in [-0.2, 0) is 24.4 Å². The molecule has 8 heteroatoms. The molecule has 1 atom stereocenters. The van der Waals surface area contributed by atoms with Crippen LogP contribution in [0, 0.1) is 0 Å². The van der Waals surface area contributed by atoms with Crippen LogP contribution in [0.5, 0.6) is 5.75 Å². The number of thiophene rings is 1. The van der Waals surface area contributed by atoms with Crippen molar-refractivity contribution in [3.8, 4) is 16.3 Å². The summed E-state index contributed by atoms with van der Waals surface area (Å²) in [6.45, 7) is 2.75. The molecule has 1 unspecified atom stereocenters. The monoisotopic (exact) mass is 486 g/mol. The fourth-order valence-electron chi connectivity index (χ4n) is 4.32. The van der Waals surface area contributed by atoms with Crippen LogP contribution in [0.2, 0.25) is 0 Å². The topological polar surface area (TPSA) is 76.5 Å². The van der Waals surface area contributed by atoms with Crippen LogP contribution in [-0.4, -0.2) is 39.1 Å². The summed E-state index contributed by atoms with van der Waals surface area (Å²) < 4.78 is 6.88. The lowest BCUT2D eigenvalue weighted by molar-refractivity contribution is -0.133. The number of hydrogen-bond donors (Lipinski definition) is 1. The Balaban J connectivity index is 1.45. The van der Waals surface area contributed by atoms with Gasteiger partial charge in [0, 0.05) is 13.1 Å². The highest BCUT2D eigenvalue weighted by molar-refractivity contribution is 7.13. The highest BCUT2D eigenvalue weighted by Crippen LogP contribution is 2.32. The molecule has 4 aromatic rings. The van der Waals surface area contributed by atoms with Gasteiger partial charge in [0.15, 0.2) is 0 Å². The predicted molar refractivity (Wildman–Crippen MR) is 135 cm³/mol. The third kappa shape index (κ3) is 4.44. The van der Waals surface area contributed by atoms with E-state index in [0.717, 1.165) is 27.4 Å². The van der Waals surface area contributed by atoms with E-state index >= 15 is 0 Å². The molecule has 1 aliphatic heterocycles. The second-order valence-corrected chi connectivity index (χ2v) is 9.68. The molecule has 2 aromatic heterocycles. The third-order valence-electron chi connectivity index (χ3n) is 6.36. The van der Waals surface area contributed by atoms with Crippen molar-refractivity contribution in [1.29, 1.82) is 0 Å². The number of carbonyl (C=O) groups is 2. The fraction of sp³-hybridized carbons (Fsp3) is 0.222. The van der Waals surface area contributed by atoms with Gasteiger partial charge in [-0.15, -0.1) is 11.3 Å². The number of hydrogen-bond acceptors (Lipinski definition) is 5. The van der Waals surface area contributed by atoms with E-state index in [1.54, 1.807) is 28.0 Å². The lowest BCUT2D eigenvalue weighted by atomic mass is 9.94. The molecule has 0 saturated heterocycles. The summed E-state index contributed by atoms with van der Waals surface area (Å²) in [6.07, 6.45) is 0. The number of methoxy groups -OCH3 is 1. The number of nitrogens with zero attached hydrogens (tertiary/aromatic N) is 3. The number of ether oxygens (including phenoxy) is 1. The van der Waals surface area contributed by atoms with Crippen molar-refractivity contribution in [3.63, 3.8) is 0 Å². The number of carbonyl (C=O) groups excluding carboxylic acids is 2. The van der Waals surface area contributed by atoms with Gasteiger partial charge in [0.05, 0.1) is 18.5 Å². The normalized spacial score (nSPS) is 17.2. The molecule has 5 rings (SSSR count). The molecule has 0 radical (unpaired) electrons. The van der Waals surface area contributed by atoms with Gasteiger partial charge in [-0.3, -0.25) is 14.3 Å². The Bertz CT molecular complexity index is 1330. The van der Waals surface area contributed by atoms with Crippen molar-refractivity contribution in [2.45, 2.75) is 32.1 Å². The Morgan fingerprint density at radius 3 is 2.54 bits per heavy atom. The van der Waals surface area contributed by atoms with Crippen LogP contribution in [0.1, 0.15) is 28.5 Å². The summed E-state index contributed by atoms with van der Waals surface area (Å²) in [4.78, 5) is 30.0. The molecule has 2 amide bonds. The summed E-state index contributed by atoms with van der Waals surface area (Å²) in [5.74, 6) is 0.320. The number of benzene rings is 2. The molecule has 3 heterocycles. The average Bonchev–Trinajstić information content (AvgIpc) is 3.56. The molecule has 0 spiro atoms. The second-order valence-electron chi connectivity index (χ2n) is 8.73. The lowest BCUT2D eigenvalue weighted by Crippen LogP contribution is -2.63. The van der Waals surface area contributed by atoms with E-state index in [4.69, 9.17) is 4.74 Å². The number of aromatic nitrogens is 2. The van der Waals surface area contributed by atoms with Gasteiger partial charge in [0.1, 0.15) is 22.7 Å². The van der Waals surface area contributed by atoms with Crippen molar-refractivity contribution in [1.82, 2.24) is 20.0 Å². The molecule has 35 heavy (non-hydrogen) atoms. The highest BCUT2D eigenvalue weighted by atomic mass is 32.1. The number of rotatable bonds is 7. The molecule has 1 N–H and O–H groups in total. The third-order valence-corrected chi connectivity index (χ3v) is 7.25. The van der Waals surface area contributed by atoms with E-state index in [-0.39, 0.29) is 18.4 Å². The maximum absolute atomic E-state index is 13.7. The first-order chi connectivity index (χ1) is 17.0. The molecule has 2 aromatic carbocycles. The molecule has 1 aliphatic rings. The first-order valence-electron chi connectivity index (χ1n) is 11.4. The smallest absolute Gasteiger partial charge is 0.273 e. The molecule has 178 valence electrons. The quantitative estimate of drug-likeness (QED) is 0.421. The van der Waals surface area contributed by atoms with E-state index < -0.39 is 5.54 Å². The first kappa shape index (κ1) is 22.9. The van der Waals surface area contributed by atoms with Gasteiger partial charge in [0.2, 0.25) is 5.91 Å². The Morgan fingerprint density at radius 2 is 1.86 bits per heavy atom. The molecule has 0 bridgehead atoms. The van der Waals surface area contributed by atoms with Crippen molar-refractivity contribution in [2.75, 3.05) is 7.11 Å². The molecule has 7 nitrogen and oxygen atoms in total. The highest BCUT2D eigenvalue weighted by Gasteiger charge is 2.48. The standard InChI is InChI=1S/C27H26N4O3S/c1-27(26(33)28-16-19-10-12-21(34-2)13-11-19)18-31-23(15-22(29-31)24-9-6-14-35-24)25(32)30(27)17-20-7-4-3-5-8-20/h3-15H,16-18H2,1-2H3,(H,28,33). The van der Waals surface area contributed by atoms with Crippen molar-refractivity contribution < 1.29 is 14.3 Å². The summed E-state index contributed by atoms with van der Waals surface area (Å²) in [5, 5.41) is 9.70. The molecule has 0 aliphatic carbocycles. The zero-order valence-electron chi connectivity index (χ0n) is 19.6. The summed E-state index contributed by atoms with van der Waals surface area (Å²) >= 11 is 1.57. The van der Waals surface area contributed by atoms with Crippen LogP contribution in [0.25, 0.3) is 10.6 Å². The Hall–Kier alpha value is -3.91. The SMILES string of the molecule is COc1ccc(CNC(=O)C2(C)Cn3nc(-c4cccs4)cc3C(=O)N2Cc2ccccc2)cc1. The van der Waals surface area contributed by atoms with Crippen molar-refractivity contribution in [2.24, 2.45) is 0 Å². The molecular formula is C27H26N4O3S. The van der Waals surface area contributed by atoms with Crippen LogP contribution in [0.4, 0.5) is 0 Å². The zero-order valence-corrected chi connectivity index (χ0v) is 20.4. The van der Waals surface area contributed by atoms with E-state index in [2.05, 4.69) is 10.4 Å². The minimum atomic E-state index is -1.12. The van der Waals surface area contributed by atoms with Crippen molar-refractivity contribution >= 4 is 23.2 Å². The van der Waals surface area contributed by atoms with Gasteiger partial charge < -0.3 is 15.0 Å². The van der Waals surface area contributed by atoms with Crippen LogP contribution < -0.4 is 10.1 Å². The molecule has 0 fully saturated rings. The minimum absolute atomic E-state index is 0.211. The van der Waals surface area contributed by atoms with Crippen LogP contribution in [0.3, 0.4) is 0 Å². The van der Waals surface area contributed by atoms with Crippen LogP contribution >= 0.6 is 11.3 Å². The van der Waals surface area contributed by atoms with E-state index in [0.29, 0.717) is 18.8 Å². The maximum Gasteiger partial charge on any atom is 0.273 e. The van der Waals surface area contributed by atoms with Crippen LogP contribution in [0.15, 0.2) is 78.2 Å². The second kappa shape index (κ2) is 9.38.